The van der Waals surface area contributed by atoms with E-state index in [2.05, 4.69) is 10.3 Å². The standard InChI is InChI=1S/C20H22F2N4O2/c1-11-3-4-17(13-6-14(21)8-15(22)7-13)26(10-11)20(28)19(27)25-16-5-12(2)18(23)24-9-16/h5-9,11,17H,3-4,10H2,1-2H3,(H2,23,24)(H,25,27)/t11-,17+/m0/s1. The van der Waals surface area contributed by atoms with Crippen LogP contribution in [0.25, 0.3) is 0 Å². The van der Waals surface area contributed by atoms with Crippen molar-refractivity contribution in [3.8, 4) is 0 Å². The molecule has 1 aromatic carbocycles. The number of likely N-dealkylation sites (tertiary alicyclic amines) is 1. The highest BCUT2D eigenvalue weighted by atomic mass is 19.1. The molecule has 1 aromatic heterocycles. The maximum absolute atomic E-state index is 13.7. The lowest BCUT2D eigenvalue weighted by molar-refractivity contribution is -0.146. The number of benzene rings is 1. The quantitative estimate of drug-likeness (QED) is 0.774. The molecule has 0 bridgehead atoms. The number of hydrogen-bond donors (Lipinski definition) is 2. The molecule has 0 unspecified atom stereocenters. The van der Waals surface area contributed by atoms with Gasteiger partial charge in [0.25, 0.3) is 0 Å². The highest BCUT2D eigenvalue weighted by molar-refractivity contribution is 6.39. The lowest BCUT2D eigenvalue weighted by atomic mass is 9.89. The monoisotopic (exact) mass is 388 g/mol. The summed E-state index contributed by atoms with van der Waals surface area (Å²) in [6.07, 6.45) is 2.67. The van der Waals surface area contributed by atoms with Gasteiger partial charge in [-0.3, -0.25) is 9.59 Å². The smallest absolute Gasteiger partial charge is 0.313 e. The van der Waals surface area contributed by atoms with Gasteiger partial charge in [-0.25, -0.2) is 13.8 Å². The molecule has 2 atom stereocenters. The number of aryl methyl sites for hydroxylation is 1. The molecule has 0 saturated carbocycles. The van der Waals surface area contributed by atoms with Crippen LogP contribution < -0.4 is 11.1 Å². The Labute approximate surface area is 161 Å². The largest absolute Gasteiger partial charge is 0.383 e. The van der Waals surface area contributed by atoms with Gasteiger partial charge < -0.3 is 16.0 Å². The predicted octanol–water partition coefficient (Wildman–Crippen LogP) is 3.19. The fraction of sp³-hybridized carbons (Fsp3) is 0.350. The molecular formula is C20H22F2N4O2. The number of nitrogens with zero attached hydrogens (tertiary/aromatic N) is 2. The van der Waals surface area contributed by atoms with Gasteiger partial charge in [-0.15, -0.1) is 0 Å². The Balaban J connectivity index is 1.83. The highest BCUT2D eigenvalue weighted by Gasteiger charge is 2.34. The van der Waals surface area contributed by atoms with Crippen LogP contribution in [0.4, 0.5) is 20.3 Å². The second-order valence-electron chi connectivity index (χ2n) is 7.24. The summed E-state index contributed by atoms with van der Waals surface area (Å²) in [4.78, 5) is 30.7. The van der Waals surface area contributed by atoms with Gasteiger partial charge in [-0.05, 0) is 55.0 Å². The van der Waals surface area contributed by atoms with Gasteiger partial charge in [0.05, 0.1) is 17.9 Å². The van der Waals surface area contributed by atoms with Gasteiger partial charge in [0.1, 0.15) is 17.5 Å². The fourth-order valence-corrected chi connectivity index (χ4v) is 3.46. The van der Waals surface area contributed by atoms with Crippen LogP contribution in [0.15, 0.2) is 30.5 Å². The molecule has 6 nitrogen and oxygen atoms in total. The van der Waals surface area contributed by atoms with E-state index in [0.29, 0.717) is 35.6 Å². The molecule has 28 heavy (non-hydrogen) atoms. The number of halogens is 2. The molecule has 2 heterocycles. The summed E-state index contributed by atoms with van der Waals surface area (Å²) >= 11 is 0. The van der Waals surface area contributed by atoms with Gasteiger partial charge in [0.2, 0.25) is 0 Å². The molecule has 2 amide bonds. The van der Waals surface area contributed by atoms with E-state index < -0.39 is 29.5 Å². The Hall–Kier alpha value is -3.03. The van der Waals surface area contributed by atoms with Crippen LogP contribution in [0, 0.1) is 24.5 Å². The van der Waals surface area contributed by atoms with Crippen molar-refractivity contribution in [1.82, 2.24) is 9.88 Å². The van der Waals surface area contributed by atoms with Crippen LogP contribution >= 0.6 is 0 Å². The third kappa shape index (κ3) is 4.27. The van der Waals surface area contributed by atoms with E-state index in [0.717, 1.165) is 12.5 Å². The van der Waals surface area contributed by atoms with Crippen molar-refractivity contribution in [2.24, 2.45) is 5.92 Å². The molecular weight excluding hydrogens is 366 g/mol. The summed E-state index contributed by atoms with van der Waals surface area (Å²) < 4.78 is 27.3. The van der Waals surface area contributed by atoms with Crippen molar-refractivity contribution in [3.05, 3.63) is 53.2 Å². The number of nitrogens with two attached hydrogens (primary N) is 1. The van der Waals surface area contributed by atoms with Crippen molar-refractivity contribution in [3.63, 3.8) is 0 Å². The first-order chi connectivity index (χ1) is 13.2. The van der Waals surface area contributed by atoms with Gasteiger partial charge in [-0.1, -0.05) is 6.92 Å². The summed E-state index contributed by atoms with van der Waals surface area (Å²) in [6.45, 7) is 4.03. The molecule has 8 heteroatoms. The zero-order chi connectivity index (χ0) is 20.4. The second kappa shape index (κ2) is 7.92. The normalized spacial score (nSPS) is 19.4. The number of amides is 2. The molecule has 0 aliphatic carbocycles. The van der Waals surface area contributed by atoms with Gasteiger partial charge in [-0.2, -0.15) is 0 Å². The third-order valence-electron chi connectivity index (χ3n) is 4.92. The molecule has 1 saturated heterocycles. The molecule has 1 aliphatic heterocycles. The Bertz CT molecular complexity index is 899. The molecule has 0 radical (unpaired) electrons. The Kier molecular flexibility index (Phi) is 5.58. The average Bonchev–Trinajstić information content (AvgIpc) is 2.63. The van der Waals surface area contributed by atoms with E-state index in [1.807, 2.05) is 6.92 Å². The summed E-state index contributed by atoms with van der Waals surface area (Å²) in [5, 5.41) is 2.52. The number of anilines is 2. The van der Waals surface area contributed by atoms with Gasteiger partial charge in [0.15, 0.2) is 0 Å². The van der Waals surface area contributed by atoms with Crippen LogP contribution in [0.3, 0.4) is 0 Å². The Morgan fingerprint density at radius 1 is 1.18 bits per heavy atom. The predicted molar refractivity (Wildman–Crippen MR) is 101 cm³/mol. The number of piperidine rings is 1. The van der Waals surface area contributed by atoms with Crippen molar-refractivity contribution in [1.29, 1.82) is 0 Å². The first-order valence-electron chi connectivity index (χ1n) is 9.04. The number of nitrogen functional groups attached to an aromatic ring is 1. The fourth-order valence-electron chi connectivity index (χ4n) is 3.46. The summed E-state index contributed by atoms with van der Waals surface area (Å²) in [6, 6.07) is 4.24. The van der Waals surface area contributed by atoms with Crippen molar-refractivity contribution < 1.29 is 18.4 Å². The second-order valence-corrected chi connectivity index (χ2v) is 7.24. The first kappa shape index (κ1) is 19.7. The number of carbonyl (C=O) groups is 2. The number of nitrogens with one attached hydrogen (secondary N) is 1. The van der Waals surface area contributed by atoms with E-state index in [1.54, 1.807) is 13.0 Å². The maximum atomic E-state index is 13.7. The summed E-state index contributed by atoms with van der Waals surface area (Å²) in [5.41, 5.74) is 7.02. The van der Waals surface area contributed by atoms with Crippen molar-refractivity contribution in [2.75, 3.05) is 17.6 Å². The average molecular weight is 388 g/mol. The Morgan fingerprint density at radius 2 is 1.86 bits per heavy atom. The minimum absolute atomic E-state index is 0.173. The molecule has 3 N–H and O–H groups in total. The van der Waals surface area contributed by atoms with Gasteiger partial charge in [0, 0.05) is 12.6 Å². The molecule has 1 fully saturated rings. The number of pyridine rings is 1. The van der Waals surface area contributed by atoms with Crippen LogP contribution in [0.1, 0.15) is 36.9 Å². The number of carbonyl (C=O) groups excluding carboxylic acids is 2. The van der Waals surface area contributed by atoms with Crippen molar-refractivity contribution >= 4 is 23.3 Å². The highest BCUT2D eigenvalue weighted by Crippen LogP contribution is 2.34. The zero-order valence-corrected chi connectivity index (χ0v) is 15.7. The van der Waals surface area contributed by atoms with Gasteiger partial charge >= 0.3 is 11.8 Å². The molecule has 3 rings (SSSR count). The first-order valence-corrected chi connectivity index (χ1v) is 9.04. The lowest BCUT2D eigenvalue weighted by Crippen LogP contribution is -2.46. The third-order valence-corrected chi connectivity index (χ3v) is 4.92. The number of rotatable bonds is 2. The Morgan fingerprint density at radius 3 is 2.50 bits per heavy atom. The number of aromatic nitrogens is 1. The summed E-state index contributed by atoms with van der Waals surface area (Å²) in [7, 11) is 0. The van der Waals surface area contributed by atoms with E-state index in [-0.39, 0.29) is 5.92 Å². The minimum atomic E-state index is -0.832. The SMILES string of the molecule is Cc1cc(NC(=O)C(=O)N2C[C@@H](C)CC[C@@H]2c2cc(F)cc(F)c2)cnc1N. The molecule has 148 valence electrons. The molecule has 1 aliphatic rings. The topological polar surface area (TPSA) is 88.3 Å². The number of hydrogen-bond acceptors (Lipinski definition) is 4. The van der Waals surface area contributed by atoms with E-state index in [1.165, 1.54) is 23.2 Å². The zero-order valence-electron chi connectivity index (χ0n) is 15.7. The molecule has 2 aromatic rings. The van der Waals surface area contributed by atoms with Crippen molar-refractivity contribution in [2.45, 2.75) is 32.7 Å². The van der Waals surface area contributed by atoms with Crippen LogP contribution in [0.2, 0.25) is 0 Å². The van der Waals surface area contributed by atoms with E-state index in [4.69, 9.17) is 5.73 Å². The van der Waals surface area contributed by atoms with E-state index >= 15 is 0 Å². The van der Waals surface area contributed by atoms with Crippen LogP contribution in [-0.4, -0.2) is 28.2 Å². The minimum Gasteiger partial charge on any atom is -0.383 e. The lowest BCUT2D eigenvalue weighted by Gasteiger charge is -2.38. The van der Waals surface area contributed by atoms with Crippen LogP contribution in [0.5, 0.6) is 0 Å². The molecule has 0 spiro atoms. The van der Waals surface area contributed by atoms with Crippen LogP contribution in [-0.2, 0) is 9.59 Å². The van der Waals surface area contributed by atoms with E-state index in [9.17, 15) is 18.4 Å². The summed E-state index contributed by atoms with van der Waals surface area (Å²) in [5.74, 6) is -2.50. The maximum Gasteiger partial charge on any atom is 0.313 e.